The zero-order valence-corrected chi connectivity index (χ0v) is 18.4. The predicted molar refractivity (Wildman–Crippen MR) is 123 cm³/mol. The molecule has 1 amide bonds. The lowest BCUT2D eigenvalue weighted by atomic mass is 10.1. The van der Waals surface area contributed by atoms with Gasteiger partial charge < -0.3 is 15.2 Å². The van der Waals surface area contributed by atoms with Crippen LogP contribution in [0, 0.1) is 5.82 Å². The Morgan fingerprint density at radius 3 is 2.64 bits per heavy atom. The maximum Gasteiger partial charge on any atom is 0.251 e. The van der Waals surface area contributed by atoms with Crippen LogP contribution < -0.4 is 10.1 Å². The van der Waals surface area contributed by atoms with Crippen LogP contribution in [-0.4, -0.2) is 46.1 Å². The molecule has 3 aromatic rings. The summed E-state index contributed by atoms with van der Waals surface area (Å²) in [6.07, 6.45) is 2.68. The molecule has 6 nitrogen and oxygen atoms in total. The molecule has 1 fully saturated rings. The summed E-state index contributed by atoms with van der Waals surface area (Å²) in [7, 11) is 0. The van der Waals surface area contributed by atoms with E-state index >= 15 is 0 Å². The van der Waals surface area contributed by atoms with Crippen LogP contribution in [0.3, 0.4) is 0 Å². The highest BCUT2D eigenvalue weighted by Gasteiger charge is 2.27. The minimum Gasteiger partial charge on any atom is -0.489 e. The Bertz CT molecular complexity index is 1030. The lowest BCUT2D eigenvalue weighted by Crippen LogP contribution is -2.48. The van der Waals surface area contributed by atoms with Gasteiger partial charge in [0.1, 0.15) is 18.2 Å². The molecule has 1 saturated heterocycles. The van der Waals surface area contributed by atoms with Gasteiger partial charge in [-0.3, -0.25) is 14.7 Å². The molecule has 0 aliphatic carbocycles. The number of carbonyl (C=O) groups is 1. The summed E-state index contributed by atoms with van der Waals surface area (Å²) in [5.41, 5.74) is 2.32. The highest BCUT2D eigenvalue weighted by Crippen LogP contribution is 2.17. The number of rotatable bonds is 7. The molecular formula is C26H28FN3O3. The van der Waals surface area contributed by atoms with Crippen molar-refractivity contribution in [2.24, 2.45) is 0 Å². The first-order chi connectivity index (χ1) is 16.1. The molecule has 1 aliphatic rings. The molecule has 172 valence electrons. The summed E-state index contributed by atoms with van der Waals surface area (Å²) in [5, 5.41) is 13.6. The lowest BCUT2D eigenvalue weighted by Gasteiger charge is -2.27. The van der Waals surface area contributed by atoms with E-state index in [1.807, 2.05) is 18.2 Å². The molecule has 0 saturated carbocycles. The quantitative estimate of drug-likeness (QED) is 0.577. The highest BCUT2D eigenvalue weighted by molar-refractivity contribution is 5.94. The summed E-state index contributed by atoms with van der Waals surface area (Å²) in [6, 6.07) is 18.5. The van der Waals surface area contributed by atoms with E-state index in [1.54, 1.807) is 42.6 Å². The summed E-state index contributed by atoms with van der Waals surface area (Å²) in [5.74, 6) is 0.100. The second-order valence-corrected chi connectivity index (χ2v) is 8.29. The van der Waals surface area contributed by atoms with Crippen molar-refractivity contribution in [2.45, 2.75) is 38.1 Å². The van der Waals surface area contributed by atoms with Crippen molar-refractivity contribution < 1.29 is 19.0 Å². The zero-order valence-electron chi connectivity index (χ0n) is 18.4. The zero-order chi connectivity index (χ0) is 23.0. The van der Waals surface area contributed by atoms with E-state index in [-0.39, 0.29) is 17.8 Å². The van der Waals surface area contributed by atoms with Crippen LogP contribution in [0.5, 0.6) is 5.75 Å². The van der Waals surface area contributed by atoms with E-state index in [2.05, 4.69) is 15.2 Å². The van der Waals surface area contributed by atoms with Gasteiger partial charge in [0.2, 0.25) is 0 Å². The third kappa shape index (κ3) is 6.60. The molecule has 33 heavy (non-hydrogen) atoms. The van der Waals surface area contributed by atoms with E-state index in [1.165, 1.54) is 12.1 Å². The number of hydrogen-bond donors (Lipinski definition) is 2. The van der Waals surface area contributed by atoms with Crippen LogP contribution in [0.4, 0.5) is 4.39 Å². The number of amides is 1. The number of aliphatic hydroxyl groups excluding tert-OH is 1. The van der Waals surface area contributed by atoms with Gasteiger partial charge in [-0.05, 0) is 73.5 Å². The number of halogens is 1. The number of aliphatic hydroxyl groups is 1. The van der Waals surface area contributed by atoms with Gasteiger partial charge in [-0.2, -0.15) is 0 Å². The maximum absolute atomic E-state index is 13.0. The van der Waals surface area contributed by atoms with Crippen LogP contribution >= 0.6 is 0 Å². The van der Waals surface area contributed by atoms with Crippen molar-refractivity contribution in [2.75, 3.05) is 13.1 Å². The molecule has 0 bridgehead atoms. The Hall–Kier alpha value is -3.29. The topological polar surface area (TPSA) is 74.7 Å². The van der Waals surface area contributed by atoms with E-state index in [4.69, 9.17) is 4.74 Å². The third-order valence-electron chi connectivity index (χ3n) is 5.76. The molecule has 0 spiro atoms. The fourth-order valence-corrected chi connectivity index (χ4v) is 3.92. The normalized spacial score (nSPS) is 19.0. The first-order valence-corrected chi connectivity index (χ1v) is 11.2. The summed E-state index contributed by atoms with van der Waals surface area (Å²) >= 11 is 0. The summed E-state index contributed by atoms with van der Waals surface area (Å²) < 4.78 is 18.7. The van der Waals surface area contributed by atoms with Crippen LogP contribution in [0.15, 0.2) is 72.9 Å². The Labute approximate surface area is 193 Å². The fourth-order valence-electron chi connectivity index (χ4n) is 3.92. The molecular weight excluding hydrogens is 421 g/mol. The Balaban J connectivity index is 1.33. The van der Waals surface area contributed by atoms with E-state index < -0.39 is 6.10 Å². The third-order valence-corrected chi connectivity index (χ3v) is 5.76. The summed E-state index contributed by atoms with van der Waals surface area (Å²) in [4.78, 5) is 19.4. The fraction of sp³-hybridized carbons (Fsp3) is 0.308. The standard InChI is InChI=1S/C26H28FN3O3/c27-21-10-6-19(7-11-21)18-33-23-12-8-20(9-13-23)26(32)29-24-17-30(15-3-5-25(24)31)16-22-4-1-2-14-28-22/h1-2,4,6-14,24-25,31H,3,5,15-18H2,(H,29,32)/t24-,25-/m1/s1. The monoisotopic (exact) mass is 449 g/mol. The van der Waals surface area contributed by atoms with Crippen LogP contribution in [0.1, 0.15) is 34.5 Å². The number of pyridine rings is 1. The van der Waals surface area contributed by atoms with Crippen molar-refractivity contribution in [3.8, 4) is 5.75 Å². The molecule has 7 heteroatoms. The highest BCUT2D eigenvalue weighted by atomic mass is 19.1. The van der Waals surface area contributed by atoms with E-state index in [0.717, 1.165) is 24.2 Å². The van der Waals surface area contributed by atoms with Gasteiger partial charge in [-0.15, -0.1) is 0 Å². The molecule has 0 radical (unpaired) electrons. The van der Waals surface area contributed by atoms with E-state index in [9.17, 15) is 14.3 Å². The van der Waals surface area contributed by atoms with Gasteiger partial charge in [0.15, 0.2) is 0 Å². The number of nitrogens with one attached hydrogen (secondary N) is 1. The Kier molecular flexibility index (Phi) is 7.65. The van der Waals surface area contributed by atoms with Crippen LogP contribution in [0.2, 0.25) is 0 Å². The SMILES string of the molecule is O=C(N[C@@H]1CN(Cc2ccccn2)CCC[C@H]1O)c1ccc(OCc2ccc(F)cc2)cc1. The smallest absolute Gasteiger partial charge is 0.251 e. The molecule has 1 aliphatic heterocycles. The second kappa shape index (κ2) is 11.0. The minimum atomic E-state index is -0.596. The van der Waals surface area contributed by atoms with Crippen LogP contribution in [0.25, 0.3) is 0 Å². The average molecular weight is 450 g/mol. The van der Waals surface area contributed by atoms with Crippen LogP contribution in [-0.2, 0) is 13.2 Å². The molecule has 1 aromatic heterocycles. The molecule has 4 rings (SSSR count). The molecule has 0 unspecified atom stereocenters. The number of nitrogens with zero attached hydrogens (tertiary/aromatic N) is 2. The number of hydrogen-bond acceptors (Lipinski definition) is 5. The van der Waals surface area contributed by atoms with Gasteiger partial charge in [-0.25, -0.2) is 4.39 Å². The molecule has 2 N–H and O–H groups in total. The van der Waals surface area contributed by atoms with Crippen molar-refractivity contribution >= 4 is 5.91 Å². The Morgan fingerprint density at radius 1 is 1.12 bits per heavy atom. The second-order valence-electron chi connectivity index (χ2n) is 8.29. The average Bonchev–Trinajstić information content (AvgIpc) is 3.00. The van der Waals surface area contributed by atoms with Gasteiger partial charge in [0.05, 0.1) is 17.8 Å². The van der Waals surface area contributed by atoms with Gasteiger partial charge in [0.25, 0.3) is 5.91 Å². The first kappa shape index (κ1) is 22.9. The number of likely N-dealkylation sites (tertiary alicyclic amines) is 1. The Morgan fingerprint density at radius 2 is 1.91 bits per heavy atom. The maximum atomic E-state index is 13.0. The van der Waals surface area contributed by atoms with Crippen molar-refractivity contribution in [1.29, 1.82) is 0 Å². The number of ether oxygens (including phenoxy) is 1. The van der Waals surface area contributed by atoms with E-state index in [0.29, 0.717) is 37.4 Å². The molecule has 2 aromatic carbocycles. The minimum absolute atomic E-state index is 0.233. The van der Waals surface area contributed by atoms with Gasteiger partial charge in [0, 0.05) is 24.8 Å². The number of aromatic nitrogens is 1. The molecule has 2 atom stereocenters. The number of carbonyl (C=O) groups excluding carboxylic acids is 1. The number of benzene rings is 2. The van der Waals surface area contributed by atoms with Crippen molar-refractivity contribution in [3.05, 3.63) is 95.6 Å². The summed E-state index contributed by atoms with van der Waals surface area (Å²) in [6.45, 7) is 2.40. The largest absolute Gasteiger partial charge is 0.489 e. The van der Waals surface area contributed by atoms with Crippen molar-refractivity contribution in [1.82, 2.24) is 15.2 Å². The van der Waals surface area contributed by atoms with Gasteiger partial charge in [-0.1, -0.05) is 18.2 Å². The van der Waals surface area contributed by atoms with Gasteiger partial charge >= 0.3 is 0 Å². The van der Waals surface area contributed by atoms with Crippen molar-refractivity contribution in [3.63, 3.8) is 0 Å². The molecule has 2 heterocycles. The lowest BCUT2D eigenvalue weighted by molar-refractivity contribution is 0.0797. The predicted octanol–water partition coefficient (Wildman–Crippen LogP) is 3.56. The first-order valence-electron chi connectivity index (χ1n) is 11.2.